The molecular weight excluding hydrogens is 242 g/mol. The maximum absolute atomic E-state index is 12.6. The first-order valence-corrected chi connectivity index (χ1v) is 7.66. The zero-order valence-corrected chi connectivity index (χ0v) is 11.8. The Morgan fingerprint density at radius 2 is 1.68 bits per heavy atom. The van der Waals surface area contributed by atoms with Crippen molar-refractivity contribution in [3.05, 3.63) is 0 Å². The number of carboxylic acids is 1. The molecule has 0 spiro atoms. The molecule has 0 radical (unpaired) electrons. The molecule has 2 aliphatic carbocycles. The Morgan fingerprint density at radius 1 is 1.05 bits per heavy atom. The van der Waals surface area contributed by atoms with Crippen LogP contribution in [0.1, 0.15) is 58.3 Å². The number of carboxylic acid groups (broad SMARTS) is 1. The molecule has 0 heterocycles. The number of rotatable bonds is 4. The summed E-state index contributed by atoms with van der Waals surface area (Å²) in [6, 6.07) is 0.398. The molecule has 2 rings (SSSR count). The maximum Gasteiger partial charge on any atom is 0.306 e. The van der Waals surface area contributed by atoms with Gasteiger partial charge in [-0.25, -0.2) is 0 Å². The SMILES string of the molecule is CCN(C(=O)[C@@H]1CC[C@H](C(=O)O)C1)C1CCCCC1. The van der Waals surface area contributed by atoms with Crippen molar-refractivity contribution < 1.29 is 14.7 Å². The van der Waals surface area contributed by atoms with Gasteiger partial charge in [-0.15, -0.1) is 0 Å². The molecule has 1 N–H and O–H groups in total. The highest BCUT2D eigenvalue weighted by Crippen LogP contribution is 2.34. The van der Waals surface area contributed by atoms with E-state index in [9.17, 15) is 9.59 Å². The molecule has 108 valence electrons. The fourth-order valence-corrected chi connectivity index (χ4v) is 3.65. The maximum atomic E-state index is 12.6. The zero-order valence-electron chi connectivity index (χ0n) is 11.8. The van der Waals surface area contributed by atoms with E-state index < -0.39 is 5.97 Å². The van der Waals surface area contributed by atoms with Gasteiger partial charge in [0.25, 0.3) is 0 Å². The van der Waals surface area contributed by atoms with Crippen LogP contribution in [0.3, 0.4) is 0 Å². The first kappa shape index (κ1) is 14.4. The van der Waals surface area contributed by atoms with Crippen molar-refractivity contribution in [2.75, 3.05) is 6.54 Å². The molecule has 0 aliphatic heterocycles. The second-order valence-electron chi connectivity index (χ2n) is 5.96. The lowest BCUT2D eigenvalue weighted by Crippen LogP contribution is -2.44. The number of hydrogen-bond donors (Lipinski definition) is 1. The Labute approximate surface area is 115 Å². The van der Waals surface area contributed by atoms with Gasteiger partial charge in [0, 0.05) is 18.5 Å². The van der Waals surface area contributed by atoms with Crippen molar-refractivity contribution in [1.82, 2.24) is 4.90 Å². The number of carbonyl (C=O) groups excluding carboxylic acids is 1. The highest BCUT2D eigenvalue weighted by molar-refractivity contribution is 5.81. The average molecular weight is 267 g/mol. The summed E-state index contributed by atoms with van der Waals surface area (Å²) in [6.07, 6.45) is 7.91. The lowest BCUT2D eigenvalue weighted by molar-refractivity contribution is -0.142. The van der Waals surface area contributed by atoms with Crippen molar-refractivity contribution in [3.8, 4) is 0 Å². The smallest absolute Gasteiger partial charge is 0.306 e. The van der Waals surface area contributed by atoms with Crippen molar-refractivity contribution in [3.63, 3.8) is 0 Å². The van der Waals surface area contributed by atoms with Crippen LogP contribution in [0.15, 0.2) is 0 Å². The van der Waals surface area contributed by atoms with Gasteiger partial charge >= 0.3 is 5.97 Å². The molecule has 0 aromatic rings. The number of hydrogen-bond acceptors (Lipinski definition) is 2. The molecule has 0 saturated heterocycles. The first-order valence-electron chi connectivity index (χ1n) is 7.66. The molecule has 0 unspecified atom stereocenters. The number of amides is 1. The molecule has 0 aromatic heterocycles. The summed E-state index contributed by atoms with van der Waals surface area (Å²) in [7, 11) is 0. The lowest BCUT2D eigenvalue weighted by atomic mass is 9.92. The van der Waals surface area contributed by atoms with Gasteiger partial charge in [-0.05, 0) is 39.0 Å². The minimum absolute atomic E-state index is 0.0528. The minimum atomic E-state index is -0.740. The van der Waals surface area contributed by atoms with Crippen molar-refractivity contribution in [2.24, 2.45) is 11.8 Å². The molecule has 4 nitrogen and oxygen atoms in total. The van der Waals surface area contributed by atoms with Gasteiger partial charge in [0.2, 0.25) is 5.91 Å². The largest absolute Gasteiger partial charge is 0.481 e. The standard InChI is InChI=1S/C15H25NO3/c1-2-16(13-6-4-3-5-7-13)14(17)11-8-9-12(10-11)15(18)19/h11-13H,2-10H2,1H3,(H,18,19)/t11-,12+/m1/s1. The molecule has 0 bridgehead atoms. The van der Waals surface area contributed by atoms with Crippen molar-refractivity contribution in [1.29, 1.82) is 0 Å². The van der Waals surface area contributed by atoms with Crippen LogP contribution < -0.4 is 0 Å². The van der Waals surface area contributed by atoms with E-state index in [2.05, 4.69) is 0 Å². The van der Waals surface area contributed by atoms with E-state index in [1.165, 1.54) is 19.3 Å². The van der Waals surface area contributed by atoms with E-state index in [1.54, 1.807) is 0 Å². The molecular formula is C15H25NO3. The van der Waals surface area contributed by atoms with Gasteiger partial charge in [0.05, 0.1) is 5.92 Å². The van der Waals surface area contributed by atoms with Crippen molar-refractivity contribution >= 4 is 11.9 Å². The van der Waals surface area contributed by atoms with Crippen LogP contribution in [0.25, 0.3) is 0 Å². The average Bonchev–Trinajstić information content (AvgIpc) is 2.90. The fourth-order valence-electron chi connectivity index (χ4n) is 3.65. The Balaban J connectivity index is 1.95. The number of nitrogens with zero attached hydrogens (tertiary/aromatic N) is 1. The molecule has 2 atom stereocenters. The third kappa shape index (κ3) is 3.28. The molecule has 2 saturated carbocycles. The van der Waals surface area contributed by atoms with Gasteiger partial charge in [0.15, 0.2) is 0 Å². The van der Waals surface area contributed by atoms with Crippen LogP contribution in [-0.4, -0.2) is 34.5 Å². The Kier molecular flexibility index (Phi) is 4.83. The van der Waals surface area contributed by atoms with Crippen LogP contribution in [0, 0.1) is 11.8 Å². The van der Waals surface area contributed by atoms with Gasteiger partial charge in [-0.1, -0.05) is 19.3 Å². The van der Waals surface area contributed by atoms with Crippen LogP contribution >= 0.6 is 0 Å². The Bertz CT molecular complexity index is 336. The summed E-state index contributed by atoms with van der Waals surface area (Å²) < 4.78 is 0. The van der Waals surface area contributed by atoms with Crippen molar-refractivity contribution in [2.45, 2.75) is 64.3 Å². The van der Waals surface area contributed by atoms with Crippen LogP contribution in [0.5, 0.6) is 0 Å². The molecule has 2 aliphatic rings. The number of aliphatic carboxylic acids is 1. The third-order valence-corrected chi connectivity index (χ3v) is 4.77. The van der Waals surface area contributed by atoms with Gasteiger partial charge in [-0.2, -0.15) is 0 Å². The van der Waals surface area contributed by atoms with E-state index >= 15 is 0 Å². The normalized spacial score (nSPS) is 28.3. The summed E-state index contributed by atoms with van der Waals surface area (Å²) in [5.74, 6) is -0.892. The third-order valence-electron chi connectivity index (χ3n) is 4.77. The van der Waals surface area contributed by atoms with Gasteiger partial charge in [0.1, 0.15) is 0 Å². The monoisotopic (exact) mass is 267 g/mol. The highest BCUT2D eigenvalue weighted by atomic mass is 16.4. The lowest BCUT2D eigenvalue weighted by Gasteiger charge is -2.35. The summed E-state index contributed by atoms with van der Waals surface area (Å²) in [5.41, 5.74) is 0. The predicted octanol–water partition coefficient (Wildman–Crippen LogP) is 2.67. The molecule has 0 aromatic carbocycles. The molecule has 19 heavy (non-hydrogen) atoms. The predicted molar refractivity (Wildman–Crippen MR) is 72.7 cm³/mol. The Hall–Kier alpha value is -1.06. The minimum Gasteiger partial charge on any atom is -0.481 e. The summed E-state index contributed by atoms with van der Waals surface area (Å²) in [6.45, 7) is 2.80. The molecule has 4 heteroatoms. The summed E-state index contributed by atoms with van der Waals surface area (Å²) >= 11 is 0. The summed E-state index contributed by atoms with van der Waals surface area (Å²) in [4.78, 5) is 25.6. The van der Waals surface area contributed by atoms with E-state index in [0.717, 1.165) is 25.8 Å². The van der Waals surface area contributed by atoms with E-state index in [0.29, 0.717) is 18.9 Å². The second kappa shape index (κ2) is 6.40. The van der Waals surface area contributed by atoms with Gasteiger partial charge < -0.3 is 10.0 Å². The van der Waals surface area contributed by atoms with Crippen LogP contribution in [0.4, 0.5) is 0 Å². The topological polar surface area (TPSA) is 57.6 Å². The van der Waals surface area contributed by atoms with Crippen LogP contribution in [-0.2, 0) is 9.59 Å². The molecule has 2 fully saturated rings. The van der Waals surface area contributed by atoms with E-state index in [-0.39, 0.29) is 17.7 Å². The van der Waals surface area contributed by atoms with E-state index in [4.69, 9.17) is 5.11 Å². The zero-order chi connectivity index (χ0) is 13.8. The van der Waals surface area contributed by atoms with E-state index in [1.807, 2.05) is 11.8 Å². The summed E-state index contributed by atoms with van der Waals surface area (Å²) in [5, 5.41) is 9.03. The first-order chi connectivity index (χ1) is 9.13. The highest BCUT2D eigenvalue weighted by Gasteiger charge is 2.37. The quantitative estimate of drug-likeness (QED) is 0.852. The Morgan fingerprint density at radius 3 is 2.21 bits per heavy atom. The number of carbonyl (C=O) groups is 2. The molecule has 1 amide bonds. The fraction of sp³-hybridized carbons (Fsp3) is 0.867. The second-order valence-corrected chi connectivity index (χ2v) is 5.96. The van der Waals surface area contributed by atoms with Crippen LogP contribution in [0.2, 0.25) is 0 Å². The van der Waals surface area contributed by atoms with Gasteiger partial charge in [-0.3, -0.25) is 9.59 Å².